The zero-order valence-electron chi connectivity index (χ0n) is 14.1. The topological polar surface area (TPSA) is 62.7 Å². The minimum atomic E-state index is 0.0547. The average Bonchev–Trinajstić information content (AvgIpc) is 2.62. The SMILES string of the molecule is C[C@H](Nc1nc(Cl)nc(N[C@H](C)c2ccccc2)n1)c1ccccc1. The van der Waals surface area contributed by atoms with Gasteiger partial charge >= 0.3 is 0 Å². The first kappa shape index (κ1) is 17.2. The second kappa shape index (κ2) is 7.94. The van der Waals surface area contributed by atoms with Gasteiger partial charge in [-0.3, -0.25) is 0 Å². The van der Waals surface area contributed by atoms with Gasteiger partial charge in [0.05, 0.1) is 12.1 Å². The third-order valence-corrected chi connectivity index (χ3v) is 4.07. The Morgan fingerprint density at radius 3 is 1.48 bits per heavy atom. The number of halogens is 1. The number of nitrogens with one attached hydrogen (secondary N) is 2. The van der Waals surface area contributed by atoms with E-state index in [2.05, 4.69) is 49.9 Å². The van der Waals surface area contributed by atoms with E-state index in [0.717, 1.165) is 11.1 Å². The highest BCUT2D eigenvalue weighted by atomic mass is 35.5. The van der Waals surface area contributed by atoms with Crippen molar-refractivity contribution in [1.82, 2.24) is 15.0 Å². The Bertz CT molecular complexity index is 745. The first-order valence-electron chi connectivity index (χ1n) is 8.16. The standard InChI is InChI=1S/C19H20ClN5/c1-13(15-9-5-3-6-10-15)21-18-23-17(20)24-19(25-18)22-14(2)16-11-7-4-8-12-16/h3-14H,1-2H3,(H2,21,22,23,24,25)/t13-,14+. The third kappa shape index (κ3) is 4.67. The highest BCUT2D eigenvalue weighted by Gasteiger charge is 2.12. The molecule has 1 aromatic heterocycles. The van der Waals surface area contributed by atoms with Gasteiger partial charge in [-0.25, -0.2) is 0 Å². The van der Waals surface area contributed by atoms with Crippen LogP contribution in [0, 0.1) is 0 Å². The molecular weight excluding hydrogens is 334 g/mol. The number of anilines is 2. The van der Waals surface area contributed by atoms with E-state index >= 15 is 0 Å². The van der Waals surface area contributed by atoms with Crippen molar-refractivity contribution in [2.24, 2.45) is 0 Å². The lowest BCUT2D eigenvalue weighted by Crippen LogP contribution is -2.14. The molecule has 0 saturated carbocycles. The van der Waals surface area contributed by atoms with Gasteiger partial charge in [-0.15, -0.1) is 0 Å². The fourth-order valence-corrected chi connectivity index (χ4v) is 2.68. The molecule has 0 fully saturated rings. The normalized spacial score (nSPS) is 13.1. The quantitative estimate of drug-likeness (QED) is 0.661. The second-order valence-electron chi connectivity index (χ2n) is 5.81. The van der Waals surface area contributed by atoms with Crippen LogP contribution in [0.3, 0.4) is 0 Å². The van der Waals surface area contributed by atoms with E-state index in [1.165, 1.54) is 0 Å². The van der Waals surface area contributed by atoms with Gasteiger partial charge in [-0.2, -0.15) is 15.0 Å². The fraction of sp³-hybridized carbons (Fsp3) is 0.211. The molecule has 0 aliphatic heterocycles. The maximum absolute atomic E-state index is 6.07. The molecule has 0 bridgehead atoms. The summed E-state index contributed by atoms with van der Waals surface area (Å²) >= 11 is 6.07. The molecule has 3 rings (SSSR count). The number of hydrogen-bond acceptors (Lipinski definition) is 5. The van der Waals surface area contributed by atoms with E-state index in [4.69, 9.17) is 11.6 Å². The van der Waals surface area contributed by atoms with Crippen LogP contribution in [0.1, 0.15) is 37.1 Å². The molecule has 25 heavy (non-hydrogen) atoms. The minimum Gasteiger partial charge on any atom is -0.348 e. The van der Waals surface area contributed by atoms with Gasteiger partial charge in [0.15, 0.2) is 0 Å². The Morgan fingerprint density at radius 1 is 0.680 bits per heavy atom. The summed E-state index contributed by atoms with van der Waals surface area (Å²) in [5.74, 6) is 0.887. The first-order valence-corrected chi connectivity index (χ1v) is 8.54. The molecule has 2 atom stereocenters. The molecule has 2 aromatic carbocycles. The number of benzene rings is 2. The van der Waals surface area contributed by atoms with Gasteiger partial charge in [0.25, 0.3) is 0 Å². The van der Waals surface area contributed by atoms with Gasteiger partial charge < -0.3 is 10.6 Å². The molecule has 2 N–H and O–H groups in total. The van der Waals surface area contributed by atoms with E-state index < -0.39 is 0 Å². The summed E-state index contributed by atoms with van der Waals surface area (Å²) < 4.78 is 0. The van der Waals surface area contributed by atoms with Crippen LogP contribution in [0.2, 0.25) is 5.28 Å². The third-order valence-electron chi connectivity index (χ3n) is 3.90. The van der Waals surface area contributed by atoms with Crippen LogP contribution >= 0.6 is 11.6 Å². The Kier molecular flexibility index (Phi) is 5.46. The zero-order chi connectivity index (χ0) is 17.6. The molecule has 0 amide bonds. The molecule has 128 valence electrons. The fourth-order valence-electron chi connectivity index (χ4n) is 2.52. The Morgan fingerprint density at radius 2 is 1.08 bits per heavy atom. The summed E-state index contributed by atoms with van der Waals surface area (Å²) in [6, 6.07) is 20.3. The van der Waals surface area contributed by atoms with E-state index in [1.807, 2.05) is 50.2 Å². The molecule has 3 aromatic rings. The molecule has 0 saturated heterocycles. The van der Waals surface area contributed by atoms with Gasteiger partial charge in [0, 0.05) is 0 Å². The second-order valence-corrected chi connectivity index (χ2v) is 6.14. The van der Waals surface area contributed by atoms with Gasteiger partial charge in [-0.05, 0) is 36.6 Å². The lowest BCUT2D eigenvalue weighted by atomic mass is 10.1. The molecular formula is C19H20ClN5. The van der Waals surface area contributed by atoms with Gasteiger partial charge in [0.1, 0.15) is 0 Å². The van der Waals surface area contributed by atoms with Crippen LogP contribution in [0.4, 0.5) is 11.9 Å². The Hall–Kier alpha value is -2.66. The van der Waals surface area contributed by atoms with Crippen molar-refractivity contribution in [3.63, 3.8) is 0 Å². The van der Waals surface area contributed by atoms with Crippen molar-refractivity contribution in [2.75, 3.05) is 10.6 Å². The summed E-state index contributed by atoms with van der Waals surface area (Å²) in [6.45, 7) is 4.10. The Balaban J connectivity index is 1.74. The van der Waals surface area contributed by atoms with Crippen molar-refractivity contribution in [3.05, 3.63) is 77.1 Å². The van der Waals surface area contributed by atoms with Crippen molar-refractivity contribution >= 4 is 23.5 Å². The largest absolute Gasteiger partial charge is 0.348 e. The monoisotopic (exact) mass is 353 g/mol. The highest BCUT2D eigenvalue weighted by molar-refractivity contribution is 6.28. The molecule has 1 heterocycles. The van der Waals surface area contributed by atoms with Crippen molar-refractivity contribution in [2.45, 2.75) is 25.9 Å². The summed E-state index contributed by atoms with van der Waals surface area (Å²) in [6.07, 6.45) is 0. The van der Waals surface area contributed by atoms with E-state index in [-0.39, 0.29) is 17.4 Å². The van der Waals surface area contributed by atoms with E-state index in [9.17, 15) is 0 Å². The van der Waals surface area contributed by atoms with E-state index in [1.54, 1.807) is 0 Å². The van der Waals surface area contributed by atoms with Crippen LogP contribution in [0.25, 0.3) is 0 Å². The van der Waals surface area contributed by atoms with Crippen LogP contribution in [0.15, 0.2) is 60.7 Å². The maximum Gasteiger partial charge on any atom is 0.229 e. The number of hydrogen-bond donors (Lipinski definition) is 2. The minimum absolute atomic E-state index is 0.0547. The predicted molar refractivity (Wildman–Crippen MR) is 102 cm³/mol. The van der Waals surface area contributed by atoms with Crippen molar-refractivity contribution < 1.29 is 0 Å². The van der Waals surface area contributed by atoms with Crippen LogP contribution in [-0.2, 0) is 0 Å². The molecule has 0 unspecified atom stereocenters. The Labute approximate surface area is 152 Å². The van der Waals surface area contributed by atoms with Gasteiger partial charge in [-0.1, -0.05) is 60.7 Å². The summed E-state index contributed by atoms with van der Waals surface area (Å²) in [4.78, 5) is 12.8. The van der Waals surface area contributed by atoms with Crippen LogP contribution < -0.4 is 10.6 Å². The first-order chi connectivity index (χ1) is 12.1. The maximum atomic E-state index is 6.07. The average molecular weight is 354 g/mol. The number of rotatable bonds is 6. The molecule has 0 aliphatic carbocycles. The number of nitrogens with zero attached hydrogens (tertiary/aromatic N) is 3. The van der Waals surface area contributed by atoms with Crippen molar-refractivity contribution in [3.8, 4) is 0 Å². The summed E-state index contributed by atoms with van der Waals surface area (Å²) in [5, 5.41) is 6.68. The lowest BCUT2D eigenvalue weighted by Gasteiger charge is -2.17. The lowest BCUT2D eigenvalue weighted by molar-refractivity contribution is 0.832. The summed E-state index contributed by atoms with van der Waals surface area (Å²) in [5.41, 5.74) is 2.29. The molecule has 0 spiro atoms. The van der Waals surface area contributed by atoms with Crippen molar-refractivity contribution in [1.29, 1.82) is 0 Å². The smallest absolute Gasteiger partial charge is 0.229 e. The van der Waals surface area contributed by atoms with Gasteiger partial charge in [0.2, 0.25) is 17.2 Å². The van der Waals surface area contributed by atoms with Crippen LogP contribution in [0.5, 0.6) is 0 Å². The number of aromatic nitrogens is 3. The zero-order valence-corrected chi connectivity index (χ0v) is 14.9. The molecule has 5 nitrogen and oxygen atoms in total. The molecule has 0 aliphatic rings. The molecule has 0 radical (unpaired) electrons. The summed E-state index contributed by atoms with van der Waals surface area (Å²) in [7, 11) is 0. The highest BCUT2D eigenvalue weighted by Crippen LogP contribution is 2.21. The molecule has 6 heteroatoms. The predicted octanol–water partition coefficient (Wildman–Crippen LogP) is 4.87. The van der Waals surface area contributed by atoms with E-state index in [0.29, 0.717) is 11.9 Å². The van der Waals surface area contributed by atoms with Crippen LogP contribution in [-0.4, -0.2) is 15.0 Å².